The Bertz CT molecular complexity index is 546. The van der Waals surface area contributed by atoms with E-state index in [2.05, 4.69) is 5.32 Å². The molecule has 0 radical (unpaired) electrons. The smallest absolute Gasteiger partial charge is 0.399 e. The van der Waals surface area contributed by atoms with E-state index < -0.39 is 30.6 Å². The fourth-order valence-electron chi connectivity index (χ4n) is 2.48. The summed E-state index contributed by atoms with van der Waals surface area (Å²) in [4.78, 5) is 12.8. The van der Waals surface area contributed by atoms with E-state index in [1.165, 1.54) is 12.1 Å². The summed E-state index contributed by atoms with van der Waals surface area (Å²) in [5.74, 6) is -1.43. The van der Waals surface area contributed by atoms with Gasteiger partial charge in [0.05, 0.1) is 6.54 Å². The molecule has 1 aromatic rings. The summed E-state index contributed by atoms with van der Waals surface area (Å²) in [5.41, 5.74) is 2.26. The van der Waals surface area contributed by atoms with Crippen molar-refractivity contribution in [3.8, 4) is 0 Å². The number of benzene rings is 1. The Kier molecular flexibility index (Phi) is 4.28. The number of piperazine rings is 1. The Morgan fingerprint density at radius 3 is 2.36 bits per heavy atom. The monoisotopic (exact) mass is 323 g/mol. The van der Waals surface area contributed by atoms with E-state index in [1.54, 1.807) is 0 Å². The lowest BCUT2D eigenvalue weighted by atomic mass is 9.85. The summed E-state index contributed by atoms with van der Waals surface area (Å²) < 4.78 is 65.8. The molecular weight excluding hydrogens is 309 g/mol. The van der Waals surface area contributed by atoms with Crippen LogP contribution in [0.5, 0.6) is 0 Å². The van der Waals surface area contributed by atoms with Crippen LogP contribution in [0.15, 0.2) is 24.3 Å². The minimum Gasteiger partial charge on any atom is -0.399 e. The Morgan fingerprint density at radius 2 is 1.86 bits per heavy atom. The van der Waals surface area contributed by atoms with Crippen molar-refractivity contribution in [2.45, 2.75) is 18.1 Å². The Hall–Kier alpha value is -1.90. The van der Waals surface area contributed by atoms with Gasteiger partial charge in [-0.25, -0.2) is 8.78 Å². The van der Waals surface area contributed by atoms with Gasteiger partial charge in [-0.05, 0) is 17.7 Å². The molecule has 1 fully saturated rings. The first-order valence-electron chi connectivity index (χ1n) is 6.44. The second-order valence-corrected chi connectivity index (χ2v) is 4.94. The summed E-state index contributed by atoms with van der Waals surface area (Å²) in [6.07, 6.45) is -7.89. The predicted octanol–water partition coefficient (Wildman–Crippen LogP) is 1.72. The molecule has 1 heterocycles. The molecule has 1 aromatic carbocycles. The van der Waals surface area contributed by atoms with Crippen molar-refractivity contribution in [3.05, 3.63) is 29.8 Å². The Morgan fingerprint density at radius 1 is 1.27 bits per heavy atom. The van der Waals surface area contributed by atoms with Crippen molar-refractivity contribution in [2.75, 3.05) is 25.4 Å². The highest BCUT2D eigenvalue weighted by atomic mass is 19.4. The number of rotatable bonds is 3. The lowest BCUT2D eigenvalue weighted by molar-refractivity contribution is -0.215. The lowest BCUT2D eigenvalue weighted by Crippen LogP contribution is -2.69. The summed E-state index contributed by atoms with van der Waals surface area (Å²) in [5, 5.41) is 2.16. The molecule has 0 bridgehead atoms. The summed E-state index contributed by atoms with van der Waals surface area (Å²) >= 11 is 0. The number of nitrogens with one attached hydrogen (secondary N) is 1. The van der Waals surface area contributed by atoms with Crippen molar-refractivity contribution in [2.24, 2.45) is 0 Å². The van der Waals surface area contributed by atoms with Gasteiger partial charge in [-0.15, -0.1) is 0 Å². The van der Waals surface area contributed by atoms with Gasteiger partial charge in [-0.3, -0.25) is 10.1 Å². The third-order valence-corrected chi connectivity index (χ3v) is 3.51. The molecule has 1 aliphatic heterocycles. The van der Waals surface area contributed by atoms with Gasteiger partial charge in [0.1, 0.15) is 0 Å². The maximum Gasteiger partial charge on any atom is 0.419 e. The van der Waals surface area contributed by atoms with Crippen LogP contribution in [0.1, 0.15) is 5.56 Å². The van der Waals surface area contributed by atoms with Crippen molar-refractivity contribution >= 4 is 11.6 Å². The lowest BCUT2D eigenvalue weighted by Gasteiger charge is -2.43. The molecule has 3 N–H and O–H groups in total. The SMILES string of the molecule is Nc1ccc(C2(C(F)(F)F)NCCN(CC(F)F)C2=O)cc1. The summed E-state index contributed by atoms with van der Waals surface area (Å²) in [7, 11) is 0. The first-order valence-corrected chi connectivity index (χ1v) is 6.44. The maximum atomic E-state index is 13.6. The van der Waals surface area contributed by atoms with E-state index in [0.29, 0.717) is 4.90 Å². The van der Waals surface area contributed by atoms with Crippen molar-refractivity contribution < 1.29 is 26.7 Å². The van der Waals surface area contributed by atoms with E-state index in [0.717, 1.165) is 12.1 Å². The van der Waals surface area contributed by atoms with Crippen LogP contribution < -0.4 is 11.1 Å². The molecule has 1 atom stereocenters. The van der Waals surface area contributed by atoms with Gasteiger partial charge in [-0.1, -0.05) is 12.1 Å². The van der Waals surface area contributed by atoms with Crippen LogP contribution in [0.3, 0.4) is 0 Å². The van der Waals surface area contributed by atoms with Crippen LogP contribution in [-0.2, 0) is 10.3 Å². The minimum atomic E-state index is -4.99. The van der Waals surface area contributed by atoms with E-state index in [-0.39, 0.29) is 24.3 Å². The summed E-state index contributed by atoms with van der Waals surface area (Å²) in [6.45, 7) is -1.49. The van der Waals surface area contributed by atoms with Crippen LogP contribution in [0, 0.1) is 0 Å². The van der Waals surface area contributed by atoms with Gasteiger partial charge < -0.3 is 10.6 Å². The highest BCUT2D eigenvalue weighted by molar-refractivity contribution is 5.89. The number of nitrogen functional groups attached to an aromatic ring is 1. The molecule has 0 spiro atoms. The number of hydrogen-bond donors (Lipinski definition) is 2. The standard InChI is InChI=1S/C13H14F5N3O/c14-10(15)7-21-6-5-20-12(11(21)22,13(16,17)18)8-1-3-9(19)4-2-8/h1-4,10,20H,5-7,19H2. The van der Waals surface area contributed by atoms with Gasteiger partial charge >= 0.3 is 6.18 Å². The summed E-state index contributed by atoms with van der Waals surface area (Å²) in [6, 6.07) is 4.59. The minimum absolute atomic E-state index is 0.212. The molecule has 0 saturated carbocycles. The highest BCUT2D eigenvalue weighted by Crippen LogP contribution is 2.42. The number of amides is 1. The van der Waals surface area contributed by atoms with Crippen molar-refractivity contribution in [3.63, 3.8) is 0 Å². The van der Waals surface area contributed by atoms with E-state index >= 15 is 0 Å². The quantitative estimate of drug-likeness (QED) is 0.658. The molecule has 1 saturated heterocycles. The van der Waals surface area contributed by atoms with Gasteiger partial charge in [-0.2, -0.15) is 13.2 Å². The van der Waals surface area contributed by atoms with E-state index in [4.69, 9.17) is 5.73 Å². The van der Waals surface area contributed by atoms with Crippen molar-refractivity contribution in [1.82, 2.24) is 10.2 Å². The molecule has 4 nitrogen and oxygen atoms in total. The zero-order valence-corrected chi connectivity index (χ0v) is 11.3. The van der Waals surface area contributed by atoms with E-state index in [9.17, 15) is 26.7 Å². The molecule has 122 valence electrons. The third-order valence-electron chi connectivity index (χ3n) is 3.51. The molecule has 0 aromatic heterocycles. The van der Waals surface area contributed by atoms with Crippen LogP contribution in [0.2, 0.25) is 0 Å². The van der Waals surface area contributed by atoms with Gasteiger partial charge in [0.2, 0.25) is 5.54 Å². The average Bonchev–Trinajstić information content (AvgIpc) is 2.40. The number of alkyl halides is 5. The Labute approximate surface area is 123 Å². The van der Waals surface area contributed by atoms with Crippen LogP contribution in [0.25, 0.3) is 0 Å². The number of carbonyl (C=O) groups is 1. The molecule has 9 heteroatoms. The number of anilines is 1. The molecule has 1 amide bonds. The van der Waals surface area contributed by atoms with E-state index in [1.807, 2.05) is 0 Å². The fraction of sp³-hybridized carbons (Fsp3) is 0.462. The number of nitrogens with zero attached hydrogens (tertiary/aromatic N) is 1. The third kappa shape index (κ3) is 2.72. The first-order chi connectivity index (χ1) is 10.2. The predicted molar refractivity (Wildman–Crippen MR) is 69.2 cm³/mol. The van der Waals surface area contributed by atoms with Crippen LogP contribution >= 0.6 is 0 Å². The number of hydrogen-bond acceptors (Lipinski definition) is 3. The second-order valence-electron chi connectivity index (χ2n) is 4.94. The largest absolute Gasteiger partial charge is 0.419 e. The normalized spacial score (nSPS) is 23.2. The maximum absolute atomic E-state index is 13.6. The van der Waals surface area contributed by atoms with Crippen molar-refractivity contribution in [1.29, 1.82) is 0 Å². The fourth-order valence-corrected chi connectivity index (χ4v) is 2.48. The molecule has 22 heavy (non-hydrogen) atoms. The van der Waals surface area contributed by atoms with Crippen LogP contribution in [-0.4, -0.2) is 43.0 Å². The highest BCUT2D eigenvalue weighted by Gasteiger charge is 2.63. The Balaban J connectivity index is 2.50. The molecule has 1 unspecified atom stereocenters. The number of halogens is 5. The van der Waals surface area contributed by atoms with Crippen LogP contribution in [0.4, 0.5) is 27.6 Å². The zero-order chi connectivity index (χ0) is 16.5. The van der Waals surface area contributed by atoms with Gasteiger partial charge in [0, 0.05) is 18.8 Å². The zero-order valence-electron chi connectivity index (χ0n) is 11.3. The number of nitrogens with two attached hydrogens (primary N) is 1. The molecule has 0 aliphatic carbocycles. The van der Waals surface area contributed by atoms with Gasteiger partial charge in [0.25, 0.3) is 12.3 Å². The number of carbonyl (C=O) groups excluding carboxylic acids is 1. The first kappa shape index (κ1) is 16.5. The average molecular weight is 323 g/mol. The van der Waals surface area contributed by atoms with Gasteiger partial charge in [0.15, 0.2) is 0 Å². The molecule has 2 rings (SSSR count). The second kappa shape index (κ2) is 5.71. The molecule has 1 aliphatic rings. The topological polar surface area (TPSA) is 58.4 Å². The molecular formula is C13H14F5N3O.